The molecule has 0 unspecified atom stereocenters. The molecule has 16 nitrogen and oxygen atoms in total. The van der Waals surface area contributed by atoms with Gasteiger partial charge in [-0.2, -0.15) is 13.5 Å². The van der Waals surface area contributed by atoms with Gasteiger partial charge in [0.2, 0.25) is 9.84 Å². The van der Waals surface area contributed by atoms with Gasteiger partial charge in [0.15, 0.2) is 0 Å². The molecule has 0 aromatic heterocycles. The van der Waals surface area contributed by atoms with E-state index in [1.54, 1.807) is 24.3 Å². The van der Waals surface area contributed by atoms with E-state index in [-0.39, 0.29) is 97.2 Å². The zero-order valence-corrected chi connectivity index (χ0v) is 35.3. The van der Waals surface area contributed by atoms with Gasteiger partial charge in [-0.3, -0.25) is 4.55 Å². The summed E-state index contributed by atoms with van der Waals surface area (Å²) in [5.74, 6) is -1.25. The van der Waals surface area contributed by atoms with E-state index in [1.165, 1.54) is 54.6 Å². The van der Waals surface area contributed by atoms with Crippen LogP contribution in [0.15, 0.2) is 149 Å². The first-order chi connectivity index (χ1) is 25.0. The van der Waals surface area contributed by atoms with Gasteiger partial charge in [-0.25, -0.2) is 16.8 Å². The van der Waals surface area contributed by atoms with Gasteiger partial charge < -0.3 is 26.9 Å². The van der Waals surface area contributed by atoms with Crippen LogP contribution in [0.25, 0.3) is 21.9 Å². The number of azo groups is 2. The van der Waals surface area contributed by atoms with E-state index >= 15 is 0 Å². The molecular formula is C34H25N7Na2O9S3. The zero-order chi connectivity index (χ0) is 38.3. The predicted molar refractivity (Wildman–Crippen MR) is 193 cm³/mol. The average molecular weight is 818 g/mol. The van der Waals surface area contributed by atoms with Crippen molar-refractivity contribution in [3.8, 4) is 16.9 Å². The van der Waals surface area contributed by atoms with Crippen LogP contribution in [0.3, 0.4) is 0 Å². The summed E-state index contributed by atoms with van der Waals surface area (Å²) in [5, 5.41) is 28.8. The number of hydrogen-bond acceptors (Lipinski definition) is 15. The van der Waals surface area contributed by atoms with Gasteiger partial charge in [0.25, 0.3) is 10.1 Å². The van der Waals surface area contributed by atoms with E-state index in [0.29, 0.717) is 6.07 Å². The van der Waals surface area contributed by atoms with E-state index in [9.17, 15) is 39.5 Å². The Morgan fingerprint density at radius 3 is 1.73 bits per heavy atom. The fraction of sp³-hybridized carbons (Fsp3) is 0. The molecule has 7 N–H and O–H groups in total. The Labute approximate surface area is 359 Å². The number of sulfone groups is 1. The second kappa shape index (κ2) is 16.9. The number of nitrogens with zero attached hydrogens (tertiary/aromatic N) is 4. The van der Waals surface area contributed by atoms with Gasteiger partial charge >= 0.3 is 59.1 Å². The van der Waals surface area contributed by atoms with Gasteiger partial charge in [0.1, 0.15) is 32.1 Å². The summed E-state index contributed by atoms with van der Waals surface area (Å²) in [7, 11) is -15.1. The fourth-order valence-electron chi connectivity index (χ4n) is 5.42. The summed E-state index contributed by atoms with van der Waals surface area (Å²) >= 11 is 0. The van der Waals surface area contributed by atoms with Crippen LogP contribution >= 0.6 is 0 Å². The quantitative estimate of drug-likeness (QED) is 0.0656. The van der Waals surface area contributed by atoms with Crippen LogP contribution in [0.5, 0.6) is 5.75 Å². The van der Waals surface area contributed by atoms with Gasteiger partial charge in [-0.1, -0.05) is 54.3 Å². The molecule has 55 heavy (non-hydrogen) atoms. The minimum absolute atomic E-state index is 0. The van der Waals surface area contributed by atoms with Crippen molar-refractivity contribution in [2.75, 3.05) is 17.2 Å². The van der Waals surface area contributed by atoms with Crippen molar-refractivity contribution >= 4 is 80.7 Å². The van der Waals surface area contributed by atoms with E-state index in [4.69, 9.17) is 17.2 Å². The third-order valence-corrected chi connectivity index (χ3v) is 11.3. The molecule has 0 aliphatic heterocycles. The van der Waals surface area contributed by atoms with Crippen molar-refractivity contribution < 1.29 is 98.6 Å². The second-order valence-electron chi connectivity index (χ2n) is 11.3. The van der Waals surface area contributed by atoms with Gasteiger partial charge in [-0.05, 0) is 66.2 Å². The molecule has 0 heterocycles. The standard InChI is InChI=1S/C34H27N7O9S3.2Na/c35-20-13-16-26(24(36)17-20)39-40-31-27(52(45,46)47)18-25(37)29-30(31)28(19-11-14-23(15-12-19)51(43,44)22-9-5-2-6-10-22)34(53(48,49)50)32(33(29)42)41-38-21-7-3-1-4-8-21;;/h1-18,42H,35-37H2,(H,45,46,47)(H,48,49,50);;/q;2*+1/p-2. The van der Waals surface area contributed by atoms with E-state index in [0.717, 1.165) is 24.3 Å². The summed E-state index contributed by atoms with van der Waals surface area (Å²) in [4.78, 5) is -2.60. The fourth-order valence-corrected chi connectivity index (χ4v) is 8.21. The SMILES string of the molecule is Nc1ccc(N=Nc2c(S(=O)(=O)[O-])cc(N)c3c([O-])c(N=Nc4ccccc4)c(S(=O)(=O)O)c(-c4ccc(S(=O)(=O)c5ccccc5)cc4)c23)c(N)c1.[Na+].[Na+]. The van der Waals surface area contributed by atoms with E-state index in [1.807, 2.05) is 0 Å². The van der Waals surface area contributed by atoms with Crippen molar-refractivity contribution in [1.82, 2.24) is 0 Å². The maximum atomic E-state index is 14.2. The Bertz CT molecular complexity index is 2830. The molecule has 0 saturated heterocycles. The van der Waals surface area contributed by atoms with Gasteiger partial charge in [-0.15, -0.1) is 15.3 Å². The Kier molecular flexibility index (Phi) is 13.3. The van der Waals surface area contributed by atoms with Gasteiger partial charge in [0, 0.05) is 27.7 Å². The van der Waals surface area contributed by atoms with Crippen LogP contribution in [0.1, 0.15) is 0 Å². The Morgan fingerprint density at radius 1 is 0.600 bits per heavy atom. The van der Waals surface area contributed by atoms with Crippen molar-refractivity contribution in [2.45, 2.75) is 19.6 Å². The first-order valence-electron chi connectivity index (χ1n) is 15.0. The van der Waals surface area contributed by atoms with E-state index < -0.39 is 79.0 Å². The number of benzene rings is 6. The second-order valence-corrected chi connectivity index (χ2v) is 15.9. The third-order valence-electron chi connectivity index (χ3n) is 7.79. The van der Waals surface area contributed by atoms with Crippen LogP contribution in [0.4, 0.5) is 39.8 Å². The molecule has 270 valence electrons. The molecule has 0 spiro atoms. The largest absolute Gasteiger partial charge is 1.00 e. The number of nitrogens with two attached hydrogens (primary N) is 3. The molecular weight excluding hydrogens is 793 g/mol. The summed E-state index contributed by atoms with van der Waals surface area (Å²) in [6, 6.07) is 24.3. The maximum Gasteiger partial charge on any atom is 1.00 e. The molecule has 0 bridgehead atoms. The summed E-state index contributed by atoms with van der Waals surface area (Å²) < 4.78 is 102. The molecule has 6 aromatic rings. The Balaban J connectivity index is 0.00000336. The summed E-state index contributed by atoms with van der Waals surface area (Å²) in [6.07, 6.45) is 0. The molecule has 6 aromatic carbocycles. The zero-order valence-electron chi connectivity index (χ0n) is 28.9. The summed E-state index contributed by atoms with van der Waals surface area (Å²) in [6.45, 7) is 0. The normalized spacial score (nSPS) is 12.1. The minimum atomic E-state index is -5.52. The monoisotopic (exact) mass is 817 g/mol. The molecule has 0 atom stereocenters. The first-order valence-corrected chi connectivity index (χ1v) is 19.3. The van der Waals surface area contributed by atoms with Crippen molar-refractivity contribution in [2.24, 2.45) is 20.5 Å². The molecule has 0 fully saturated rings. The van der Waals surface area contributed by atoms with E-state index in [2.05, 4.69) is 20.5 Å². The molecule has 21 heteroatoms. The molecule has 0 aliphatic carbocycles. The minimum Gasteiger partial charge on any atom is -0.870 e. The average Bonchev–Trinajstić information content (AvgIpc) is 3.11. The van der Waals surface area contributed by atoms with Crippen LogP contribution in [-0.4, -0.2) is 34.4 Å². The van der Waals surface area contributed by atoms with Gasteiger partial charge in [0.05, 0.1) is 26.1 Å². The topological polar surface area (TPSA) is 296 Å². The molecule has 0 aliphatic rings. The molecule has 0 radical (unpaired) electrons. The van der Waals surface area contributed by atoms with Crippen LogP contribution in [-0.2, 0) is 30.1 Å². The smallest absolute Gasteiger partial charge is 0.870 e. The predicted octanol–water partition coefficient (Wildman–Crippen LogP) is 0.149. The molecule has 0 amide bonds. The van der Waals surface area contributed by atoms with Crippen molar-refractivity contribution in [1.29, 1.82) is 0 Å². The number of rotatable bonds is 9. The number of nitrogen functional groups attached to an aromatic ring is 3. The third kappa shape index (κ3) is 8.92. The maximum absolute atomic E-state index is 14.2. The molecule has 0 saturated carbocycles. The Morgan fingerprint density at radius 2 is 1.16 bits per heavy atom. The number of hydrogen-bond donors (Lipinski definition) is 4. The van der Waals surface area contributed by atoms with Crippen LogP contribution < -0.4 is 81.4 Å². The number of anilines is 3. The molecule has 6 rings (SSSR count). The van der Waals surface area contributed by atoms with Crippen molar-refractivity contribution in [3.63, 3.8) is 0 Å². The Hall–Kier alpha value is -4.25. The van der Waals surface area contributed by atoms with Crippen LogP contribution in [0, 0.1) is 0 Å². The van der Waals surface area contributed by atoms with Crippen LogP contribution in [0.2, 0.25) is 0 Å². The summed E-state index contributed by atoms with van der Waals surface area (Å²) in [5.41, 5.74) is 15.0. The van der Waals surface area contributed by atoms with Crippen molar-refractivity contribution in [3.05, 3.63) is 109 Å². The number of fused-ring (bicyclic) bond motifs is 1. The first kappa shape index (κ1) is 43.5.